The van der Waals surface area contributed by atoms with E-state index < -0.39 is 0 Å². The first kappa shape index (κ1) is 14.9. The number of hydrogen-bond donors (Lipinski definition) is 0. The minimum atomic E-state index is 0.200. The van der Waals surface area contributed by atoms with Crippen molar-refractivity contribution in [2.75, 3.05) is 24.5 Å². The van der Waals surface area contributed by atoms with E-state index in [2.05, 4.69) is 54.8 Å². The van der Waals surface area contributed by atoms with Gasteiger partial charge in [0.2, 0.25) is 5.91 Å². The third-order valence-corrected chi connectivity index (χ3v) is 4.36. The Hall–Kier alpha value is -1.51. The van der Waals surface area contributed by atoms with Crippen LogP contribution < -0.4 is 4.90 Å². The van der Waals surface area contributed by atoms with Gasteiger partial charge in [-0.3, -0.25) is 4.79 Å². The van der Waals surface area contributed by atoms with Crippen molar-refractivity contribution in [2.24, 2.45) is 5.92 Å². The van der Waals surface area contributed by atoms with Gasteiger partial charge in [0.25, 0.3) is 0 Å². The minimum Gasteiger partial charge on any atom is -0.365 e. The second kappa shape index (κ2) is 6.78. The number of carbonyl (C=O) groups is 1. The van der Waals surface area contributed by atoms with Gasteiger partial charge < -0.3 is 9.80 Å². The molecule has 0 spiro atoms. The summed E-state index contributed by atoms with van der Waals surface area (Å²) in [5, 5.41) is 0. The number of benzene rings is 1. The molecule has 0 aliphatic carbocycles. The van der Waals surface area contributed by atoms with Gasteiger partial charge in [-0.05, 0) is 31.9 Å². The first-order valence-corrected chi connectivity index (χ1v) is 7.77. The van der Waals surface area contributed by atoms with E-state index >= 15 is 0 Å². The van der Waals surface area contributed by atoms with Crippen LogP contribution in [0.4, 0.5) is 5.69 Å². The average Bonchev–Trinajstić information content (AvgIpc) is 2.49. The summed E-state index contributed by atoms with van der Waals surface area (Å²) in [5.74, 6) is 0.542. The van der Waals surface area contributed by atoms with Gasteiger partial charge in [0, 0.05) is 37.3 Å². The van der Waals surface area contributed by atoms with Crippen LogP contribution in [0, 0.1) is 5.92 Å². The molecule has 110 valence electrons. The molecule has 2 rings (SSSR count). The SMILES string of the molecule is CCC(CC)C(=O)N1CCN(c2ccccc2)C(C)C1. The number of carbonyl (C=O) groups excluding carboxylic acids is 1. The van der Waals surface area contributed by atoms with Gasteiger partial charge >= 0.3 is 0 Å². The molecule has 1 aliphatic rings. The summed E-state index contributed by atoms with van der Waals surface area (Å²) in [7, 11) is 0. The quantitative estimate of drug-likeness (QED) is 0.842. The Kier molecular flexibility index (Phi) is 5.05. The molecule has 1 heterocycles. The lowest BCUT2D eigenvalue weighted by Crippen LogP contribution is -2.54. The van der Waals surface area contributed by atoms with Crippen LogP contribution in [0.5, 0.6) is 0 Å². The Bertz CT molecular complexity index is 428. The van der Waals surface area contributed by atoms with Crippen molar-refractivity contribution in [1.82, 2.24) is 4.90 Å². The van der Waals surface area contributed by atoms with E-state index in [-0.39, 0.29) is 5.92 Å². The van der Waals surface area contributed by atoms with Crippen molar-refractivity contribution >= 4 is 11.6 Å². The molecule has 1 aromatic rings. The molecular weight excluding hydrogens is 248 g/mol. The highest BCUT2D eigenvalue weighted by Crippen LogP contribution is 2.22. The Morgan fingerprint density at radius 1 is 1.20 bits per heavy atom. The molecule has 0 aromatic heterocycles. The van der Waals surface area contributed by atoms with E-state index in [1.54, 1.807) is 0 Å². The fourth-order valence-electron chi connectivity index (χ4n) is 3.06. The molecule has 1 aliphatic heterocycles. The molecule has 20 heavy (non-hydrogen) atoms. The van der Waals surface area contributed by atoms with Crippen LogP contribution in [0.15, 0.2) is 30.3 Å². The third kappa shape index (κ3) is 3.14. The third-order valence-electron chi connectivity index (χ3n) is 4.36. The van der Waals surface area contributed by atoms with E-state index in [0.717, 1.165) is 32.5 Å². The van der Waals surface area contributed by atoms with Gasteiger partial charge in [-0.25, -0.2) is 0 Å². The molecule has 1 aromatic carbocycles. The molecule has 1 atom stereocenters. The van der Waals surface area contributed by atoms with Crippen LogP contribution in [-0.4, -0.2) is 36.5 Å². The van der Waals surface area contributed by atoms with Crippen LogP contribution >= 0.6 is 0 Å². The minimum absolute atomic E-state index is 0.200. The van der Waals surface area contributed by atoms with E-state index in [1.807, 2.05) is 6.07 Å². The predicted molar refractivity (Wildman–Crippen MR) is 83.9 cm³/mol. The van der Waals surface area contributed by atoms with Crippen LogP contribution in [0.1, 0.15) is 33.6 Å². The monoisotopic (exact) mass is 274 g/mol. The Morgan fingerprint density at radius 2 is 1.85 bits per heavy atom. The van der Waals surface area contributed by atoms with Gasteiger partial charge in [0.05, 0.1) is 0 Å². The Morgan fingerprint density at radius 3 is 2.40 bits per heavy atom. The number of nitrogens with zero attached hydrogens (tertiary/aromatic N) is 2. The van der Waals surface area contributed by atoms with E-state index in [4.69, 9.17) is 0 Å². The van der Waals surface area contributed by atoms with Crippen LogP contribution in [0.2, 0.25) is 0 Å². The van der Waals surface area contributed by atoms with E-state index in [0.29, 0.717) is 11.9 Å². The summed E-state index contributed by atoms with van der Waals surface area (Å²) in [4.78, 5) is 16.9. The molecule has 1 amide bonds. The summed E-state index contributed by atoms with van der Waals surface area (Å²) in [6.45, 7) is 9.03. The van der Waals surface area contributed by atoms with Crippen molar-refractivity contribution in [3.05, 3.63) is 30.3 Å². The zero-order chi connectivity index (χ0) is 14.5. The van der Waals surface area contributed by atoms with E-state index in [1.165, 1.54) is 5.69 Å². The molecule has 3 nitrogen and oxygen atoms in total. The van der Waals surface area contributed by atoms with Crippen molar-refractivity contribution in [2.45, 2.75) is 39.7 Å². The highest BCUT2D eigenvalue weighted by molar-refractivity contribution is 5.79. The summed E-state index contributed by atoms with van der Waals surface area (Å²) in [6.07, 6.45) is 1.89. The van der Waals surface area contributed by atoms with Crippen LogP contribution in [0.3, 0.4) is 0 Å². The van der Waals surface area contributed by atoms with Crippen molar-refractivity contribution in [3.8, 4) is 0 Å². The lowest BCUT2D eigenvalue weighted by molar-refractivity contribution is -0.136. The Balaban J connectivity index is 2.00. The number of hydrogen-bond acceptors (Lipinski definition) is 2. The molecule has 0 saturated carbocycles. The molecule has 0 radical (unpaired) electrons. The molecule has 1 unspecified atom stereocenters. The lowest BCUT2D eigenvalue weighted by atomic mass is 10.0. The highest BCUT2D eigenvalue weighted by Gasteiger charge is 2.29. The molecule has 0 N–H and O–H groups in total. The summed E-state index contributed by atoms with van der Waals surface area (Å²) >= 11 is 0. The molecular formula is C17H26N2O. The van der Waals surface area contributed by atoms with Crippen molar-refractivity contribution < 1.29 is 4.79 Å². The number of piperazine rings is 1. The molecule has 0 bridgehead atoms. The van der Waals surface area contributed by atoms with Crippen molar-refractivity contribution in [1.29, 1.82) is 0 Å². The van der Waals surface area contributed by atoms with Gasteiger partial charge in [-0.1, -0.05) is 32.0 Å². The predicted octanol–water partition coefficient (Wildman–Crippen LogP) is 3.16. The standard InChI is InChI=1S/C17H26N2O/c1-4-15(5-2)17(20)18-11-12-19(14(3)13-18)16-9-7-6-8-10-16/h6-10,14-15H,4-5,11-13H2,1-3H3. The molecule has 1 saturated heterocycles. The number of amides is 1. The summed E-state index contributed by atoms with van der Waals surface area (Å²) in [5.41, 5.74) is 1.26. The summed E-state index contributed by atoms with van der Waals surface area (Å²) < 4.78 is 0. The van der Waals surface area contributed by atoms with Crippen LogP contribution in [-0.2, 0) is 4.79 Å². The van der Waals surface area contributed by atoms with Gasteiger partial charge in [-0.15, -0.1) is 0 Å². The fraction of sp³-hybridized carbons (Fsp3) is 0.588. The zero-order valence-corrected chi connectivity index (χ0v) is 12.9. The maximum absolute atomic E-state index is 12.5. The van der Waals surface area contributed by atoms with Gasteiger partial charge in [-0.2, -0.15) is 0 Å². The van der Waals surface area contributed by atoms with Crippen LogP contribution in [0.25, 0.3) is 0 Å². The smallest absolute Gasteiger partial charge is 0.225 e. The molecule has 3 heteroatoms. The van der Waals surface area contributed by atoms with Gasteiger partial charge in [0.1, 0.15) is 0 Å². The number of rotatable bonds is 4. The second-order valence-electron chi connectivity index (χ2n) is 5.68. The highest BCUT2D eigenvalue weighted by atomic mass is 16.2. The Labute approximate surface area is 122 Å². The average molecular weight is 274 g/mol. The summed E-state index contributed by atoms with van der Waals surface area (Å²) in [6, 6.07) is 10.9. The maximum Gasteiger partial charge on any atom is 0.225 e. The molecule has 1 fully saturated rings. The number of para-hydroxylation sites is 1. The maximum atomic E-state index is 12.5. The lowest BCUT2D eigenvalue weighted by Gasteiger charge is -2.42. The van der Waals surface area contributed by atoms with Crippen molar-refractivity contribution in [3.63, 3.8) is 0 Å². The largest absolute Gasteiger partial charge is 0.365 e. The topological polar surface area (TPSA) is 23.6 Å². The fourth-order valence-corrected chi connectivity index (χ4v) is 3.06. The number of anilines is 1. The second-order valence-corrected chi connectivity index (χ2v) is 5.68. The van der Waals surface area contributed by atoms with Gasteiger partial charge in [0.15, 0.2) is 0 Å². The zero-order valence-electron chi connectivity index (χ0n) is 12.9. The first-order chi connectivity index (χ1) is 9.67. The first-order valence-electron chi connectivity index (χ1n) is 7.77. The van der Waals surface area contributed by atoms with E-state index in [9.17, 15) is 4.79 Å². The normalized spacial score (nSPS) is 19.5.